The van der Waals surface area contributed by atoms with Crippen molar-refractivity contribution >= 4 is 29.9 Å². The second-order valence-corrected chi connectivity index (χ2v) is 8.16. The molecule has 0 aliphatic carbocycles. The van der Waals surface area contributed by atoms with Crippen LogP contribution in [0.4, 0.5) is 4.39 Å². The number of rotatable bonds is 7. The highest BCUT2D eigenvalue weighted by Gasteiger charge is 2.20. The molecule has 0 atom stereocenters. The minimum atomic E-state index is -0.244. The number of nitrogens with zero attached hydrogens (tertiary/aromatic N) is 4. The highest BCUT2D eigenvalue weighted by Crippen LogP contribution is 2.14. The fourth-order valence-electron chi connectivity index (χ4n) is 4.01. The summed E-state index contributed by atoms with van der Waals surface area (Å²) < 4.78 is 14.9. The Morgan fingerprint density at radius 3 is 2.48 bits per heavy atom. The Hall–Kier alpha value is -2.46. The Morgan fingerprint density at radius 2 is 1.79 bits per heavy atom. The van der Waals surface area contributed by atoms with Crippen molar-refractivity contribution < 1.29 is 4.39 Å². The van der Waals surface area contributed by atoms with E-state index < -0.39 is 0 Å². The van der Waals surface area contributed by atoms with Crippen molar-refractivity contribution in [2.24, 2.45) is 4.99 Å². The van der Waals surface area contributed by atoms with E-state index in [0.29, 0.717) is 6.04 Å². The largest absolute Gasteiger partial charge is 0.356 e. The molecule has 4 rings (SSSR count). The van der Waals surface area contributed by atoms with Crippen LogP contribution in [0.2, 0.25) is 0 Å². The molecule has 6 nitrogen and oxygen atoms in total. The molecule has 8 heteroatoms. The SMILES string of the molecule is CN=C(NCCc1ccn(-c2ccc(F)cc2)n1)NC1CCN(Cc2ccccc2)CC1.I. The van der Waals surface area contributed by atoms with Gasteiger partial charge < -0.3 is 10.6 Å². The van der Waals surface area contributed by atoms with Gasteiger partial charge >= 0.3 is 0 Å². The summed E-state index contributed by atoms with van der Waals surface area (Å²) in [5.41, 5.74) is 3.20. The molecule has 176 valence electrons. The first kappa shape index (κ1) is 25.2. The van der Waals surface area contributed by atoms with Crippen molar-refractivity contribution in [2.45, 2.75) is 31.8 Å². The summed E-state index contributed by atoms with van der Waals surface area (Å²) in [5.74, 6) is 0.593. The number of guanidine groups is 1. The van der Waals surface area contributed by atoms with E-state index in [0.717, 1.165) is 62.8 Å². The summed E-state index contributed by atoms with van der Waals surface area (Å²) >= 11 is 0. The minimum Gasteiger partial charge on any atom is -0.356 e. The molecule has 0 unspecified atom stereocenters. The van der Waals surface area contributed by atoms with E-state index in [2.05, 4.69) is 56.0 Å². The molecular formula is C25H32FIN6. The Bertz CT molecular complexity index is 997. The average molecular weight is 562 g/mol. The predicted octanol–water partition coefficient (Wildman–Crippen LogP) is 4.00. The summed E-state index contributed by atoms with van der Waals surface area (Å²) in [6.45, 7) is 3.94. The van der Waals surface area contributed by atoms with Gasteiger partial charge in [-0.05, 0) is 48.7 Å². The van der Waals surface area contributed by atoms with E-state index in [-0.39, 0.29) is 29.8 Å². The molecule has 1 saturated heterocycles. The summed E-state index contributed by atoms with van der Waals surface area (Å²) in [7, 11) is 1.81. The van der Waals surface area contributed by atoms with Crippen molar-refractivity contribution in [1.82, 2.24) is 25.3 Å². The first-order valence-electron chi connectivity index (χ1n) is 11.2. The number of likely N-dealkylation sites (tertiary alicyclic amines) is 1. The highest BCUT2D eigenvalue weighted by molar-refractivity contribution is 14.0. The van der Waals surface area contributed by atoms with Gasteiger partial charge in [0.05, 0.1) is 11.4 Å². The van der Waals surface area contributed by atoms with Crippen molar-refractivity contribution in [3.63, 3.8) is 0 Å². The van der Waals surface area contributed by atoms with Crippen LogP contribution < -0.4 is 10.6 Å². The Kier molecular flexibility index (Phi) is 9.68. The smallest absolute Gasteiger partial charge is 0.191 e. The van der Waals surface area contributed by atoms with Crippen LogP contribution >= 0.6 is 24.0 Å². The van der Waals surface area contributed by atoms with Crippen molar-refractivity contribution in [1.29, 1.82) is 0 Å². The molecule has 0 amide bonds. The fraction of sp³-hybridized carbons (Fsp3) is 0.360. The van der Waals surface area contributed by atoms with Crippen LogP contribution in [-0.2, 0) is 13.0 Å². The lowest BCUT2D eigenvalue weighted by Crippen LogP contribution is -2.48. The van der Waals surface area contributed by atoms with Crippen molar-refractivity contribution in [3.05, 3.63) is 83.9 Å². The molecule has 2 heterocycles. The molecule has 33 heavy (non-hydrogen) atoms. The number of hydrogen-bond acceptors (Lipinski definition) is 3. The van der Waals surface area contributed by atoms with Gasteiger partial charge in [0.1, 0.15) is 5.82 Å². The Morgan fingerprint density at radius 1 is 1.06 bits per heavy atom. The fourth-order valence-corrected chi connectivity index (χ4v) is 4.01. The normalized spacial score (nSPS) is 15.2. The number of nitrogens with one attached hydrogen (secondary N) is 2. The summed E-state index contributed by atoms with van der Waals surface area (Å²) in [6, 6.07) is 19.4. The minimum absolute atomic E-state index is 0. The lowest BCUT2D eigenvalue weighted by Gasteiger charge is -2.33. The summed E-state index contributed by atoms with van der Waals surface area (Å²) in [4.78, 5) is 6.90. The predicted molar refractivity (Wildman–Crippen MR) is 142 cm³/mol. The zero-order valence-corrected chi connectivity index (χ0v) is 21.3. The highest BCUT2D eigenvalue weighted by atomic mass is 127. The van der Waals surface area contributed by atoms with E-state index in [9.17, 15) is 4.39 Å². The quantitative estimate of drug-likeness (QED) is 0.260. The van der Waals surface area contributed by atoms with Gasteiger partial charge in [0, 0.05) is 51.9 Å². The molecule has 0 radical (unpaired) electrons. The van der Waals surface area contributed by atoms with Gasteiger partial charge in [-0.3, -0.25) is 9.89 Å². The van der Waals surface area contributed by atoms with E-state index in [4.69, 9.17) is 0 Å². The average Bonchev–Trinajstić information content (AvgIpc) is 3.29. The monoisotopic (exact) mass is 562 g/mol. The summed E-state index contributed by atoms with van der Waals surface area (Å²) in [5, 5.41) is 11.5. The molecule has 0 saturated carbocycles. The van der Waals surface area contributed by atoms with Gasteiger partial charge in [-0.15, -0.1) is 24.0 Å². The van der Waals surface area contributed by atoms with Crippen LogP contribution in [0.25, 0.3) is 5.69 Å². The molecule has 1 fully saturated rings. The molecule has 0 spiro atoms. The third kappa shape index (κ3) is 7.53. The second-order valence-electron chi connectivity index (χ2n) is 8.16. The van der Waals surface area contributed by atoms with Gasteiger partial charge in [-0.25, -0.2) is 9.07 Å². The molecule has 0 bridgehead atoms. The van der Waals surface area contributed by atoms with E-state index in [1.54, 1.807) is 16.8 Å². The maximum atomic E-state index is 13.1. The summed E-state index contributed by atoms with van der Waals surface area (Å²) in [6.07, 6.45) is 4.90. The van der Waals surface area contributed by atoms with Crippen molar-refractivity contribution in [2.75, 3.05) is 26.7 Å². The van der Waals surface area contributed by atoms with Gasteiger partial charge in [-0.1, -0.05) is 30.3 Å². The zero-order valence-electron chi connectivity index (χ0n) is 19.0. The Balaban J connectivity index is 0.00000306. The second kappa shape index (κ2) is 12.7. The first-order valence-corrected chi connectivity index (χ1v) is 11.2. The number of halogens is 2. The number of hydrogen-bond donors (Lipinski definition) is 2. The third-order valence-electron chi connectivity index (χ3n) is 5.81. The molecule has 1 aliphatic heterocycles. The molecular weight excluding hydrogens is 530 g/mol. The van der Waals surface area contributed by atoms with Crippen LogP contribution in [-0.4, -0.2) is 53.4 Å². The maximum absolute atomic E-state index is 13.1. The first-order chi connectivity index (χ1) is 15.7. The van der Waals surface area contributed by atoms with E-state index in [1.165, 1.54) is 17.7 Å². The topological polar surface area (TPSA) is 57.5 Å². The molecule has 2 N–H and O–H groups in total. The third-order valence-corrected chi connectivity index (χ3v) is 5.81. The number of piperidine rings is 1. The standard InChI is InChI=1S/C25H31FN6.HI/c1-27-25(29-22-12-16-31(17-13-22)19-20-5-3-2-4-6-20)28-15-11-23-14-18-32(30-23)24-9-7-21(26)8-10-24;/h2-10,14,18,22H,11-13,15-17,19H2,1H3,(H2,27,28,29);1H. The van der Waals surface area contributed by atoms with Crippen LogP contribution in [0.15, 0.2) is 71.9 Å². The van der Waals surface area contributed by atoms with Gasteiger partial charge in [-0.2, -0.15) is 5.10 Å². The Labute approximate surface area is 212 Å². The number of benzene rings is 2. The van der Waals surface area contributed by atoms with Crippen LogP contribution in [0.1, 0.15) is 24.1 Å². The van der Waals surface area contributed by atoms with E-state index in [1.807, 2.05) is 19.3 Å². The van der Waals surface area contributed by atoms with Crippen LogP contribution in [0, 0.1) is 5.82 Å². The van der Waals surface area contributed by atoms with Crippen LogP contribution in [0.5, 0.6) is 0 Å². The molecule has 2 aromatic carbocycles. The van der Waals surface area contributed by atoms with Gasteiger partial charge in [0.25, 0.3) is 0 Å². The van der Waals surface area contributed by atoms with Crippen molar-refractivity contribution in [3.8, 4) is 5.69 Å². The molecule has 3 aromatic rings. The number of aromatic nitrogens is 2. The maximum Gasteiger partial charge on any atom is 0.191 e. The van der Waals surface area contributed by atoms with Gasteiger partial charge in [0.15, 0.2) is 5.96 Å². The lowest BCUT2D eigenvalue weighted by molar-refractivity contribution is 0.198. The number of aliphatic imine (C=N–C) groups is 1. The van der Waals surface area contributed by atoms with E-state index >= 15 is 0 Å². The molecule has 1 aromatic heterocycles. The zero-order chi connectivity index (χ0) is 22.2. The van der Waals surface area contributed by atoms with Crippen LogP contribution in [0.3, 0.4) is 0 Å². The van der Waals surface area contributed by atoms with Gasteiger partial charge in [0.2, 0.25) is 0 Å². The lowest BCUT2D eigenvalue weighted by atomic mass is 10.0. The molecule has 1 aliphatic rings.